The van der Waals surface area contributed by atoms with E-state index in [0.29, 0.717) is 0 Å². The molecule has 0 aliphatic carbocycles. The molecule has 0 spiro atoms. The molecule has 0 fully saturated rings. The van der Waals surface area contributed by atoms with Crippen molar-refractivity contribution in [3.63, 3.8) is 0 Å². The van der Waals surface area contributed by atoms with Crippen LogP contribution < -0.4 is 0 Å². The van der Waals surface area contributed by atoms with E-state index in [1.54, 1.807) is 6.07 Å². The maximum Gasteiger partial charge on any atom is 0.178 e. The van der Waals surface area contributed by atoms with Crippen molar-refractivity contribution in [2.24, 2.45) is 0 Å². The molecule has 1 unspecified atom stereocenters. The molecule has 1 rings (SSSR count). The minimum Gasteiger partial charge on any atom is -0.293 e. The van der Waals surface area contributed by atoms with Gasteiger partial charge < -0.3 is 0 Å². The van der Waals surface area contributed by atoms with Crippen molar-refractivity contribution in [3.05, 3.63) is 35.6 Å². The Balaban J connectivity index is 2.89. The molecule has 0 radical (unpaired) electrons. The Morgan fingerprint density at radius 1 is 1.46 bits per heavy atom. The SMILES string of the molecule is CS(=O)CC(=O)c1ccccc1F. The van der Waals surface area contributed by atoms with Crippen molar-refractivity contribution < 1.29 is 13.4 Å². The van der Waals surface area contributed by atoms with Gasteiger partial charge in [-0.05, 0) is 12.1 Å². The zero-order valence-electron chi connectivity index (χ0n) is 7.12. The molecule has 2 nitrogen and oxygen atoms in total. The molecule has 0 saturated carbocycles. The zero-order chi connectivity index (χ0) is 9.84. The van der Waals surface area contributed by atoms with Crippen molar-refractivity contribution in [1.29, 1.82) is 0 Å². The first kappa shape index (κ1) is 10.1. The van der Waals surface area contributed by atoms with Gasteiger partial charge in [-0.1, -0.05) is 12.1 Å². The molecule has 70 valence electrons. The summed E-state index contributed by atoms with van der Waals surface area (Å²) >= 11 is 0. The molecule has 1 aromatic rings. The fraction of sp³-hybridized carbons (Fsp3) is 0.222. The summed E-state index contributed by atoms with van der Waals surface area (Å²) in [4.78, 5) is 11.2. The Morgan fingerprint density at radius 2 is 2.08 bits per heavy atom. The van der Waals surface area contributed by atoms with Crippen LogP contribution in [0.15, 0.2) is 24.3 Å². The van der Waals surface area contributed by atoms with Crippen molar-refractivity contribution in [3.8, 4) is 0 Å². The van der Waals surface area contributed by atoms with E-state index in [-0.39, 0.29) is 11.3 Å². The highest BCUT2D eigenvalue weighted by Crippen LogP contribution is 2.07. The molecule has 13 heavy (non-hydrogen) atoms. The van der Waals surface area contributed by atoms with Gasteiger partial charge >= 0.3 is 0 Å². The molecular weight excluding hydrogens is 191 g/mol. The van der Waals surface area contributed by atoms with Gasteiger partial charge in [-0.15, -0.1) is 0 Å². The smallest absolute Gasteiger partial charge is 0.178 e. The lowest BCUT2D eigenvalue weighted by atomic mass is 10.1. The van der Waals surface area contributed by atoms with Gasteiger partial charge in [0.05, 0.1) is 11.3 Å². The number of halogens is 1. The second kappa shape index (κ2) is 4.28. The summed E-state index contributed by atoms with van der Waals surface area (Å²) < 4.78 is 23.7. The zero-order valence-corrected chi connectivity index (χ0v) is 7.94. The van der Waals surface area contributed by atoms with Gasteiger partial charge in [0.1, 0.15) is 5.82 Å². The maximum absolute atomic E-state index is 13.0. The van der Waals surface area contributed by atoms with Crippen molar-refractivity contribution >= 4 is 16.6 Å². The predicted octanol–water partition coefficient (Wildman–Crippen LogP) is 1.39. The first-order valence-corrected chi connectivity index (χ1v) is 5.41. The van der Waals surface area contributed by atoms with Crippen LogP contribution in [0, 0.1) is 5.82 Å². The molecular formula is C9H9FO2S. The molecule has 0 aromatic heterocycles. The molecule has 0 amide bonds. The molecule has 1 aromatic carbocycles. The number of hydrogen-bond donors (Lipinski definition) is 0. The molecule has 0 heterocycles. The van der Waals surface area contributed by atoms with Crippen LogP contribution in [0.1, 0.15) is 10.4 Å². The fourth-order valence-corrected chi connectivity index (χ4v) is 1.47. The highest BCUT2D eigenvalue weighted by Gasteiger charge is 2.11. The van der Waals surface area contributed by atoms with E-state index in [9.17, 15) is 13.4 Å². The standard InChI is InChI=1S/C9H9FO2S/c1-13(12)6-9(11)7-4-2-3-5-8(7)10/h2-5H,6H2,1H3. The molecule has 4 heteroatoms. The Bertz CT molecular complexity index is 349. The first-order valence-electron chi connectivity index (χ1n) is 3.69. The molecule has 0 N–H and O–H groups in total. The summed E-state index contributed by atoms with van der Waals surface area (Å²) in [5, 5.41) is 0. The molecule has 1 atom stereocenters. The van der Waals surface area contributed by atoms with E-state index in [1.165, 1.54) is 24.5 Å². The Morgan fingerprint density at radius 3 is 2.62 bits per heavy atom. The van der Waals surface area contributed by atoms with Gasteiger partial charge in [-0.25, -0.2) is 4.39 Å². The summed E-state index contributed by atoms with van der Waals surface area (Å²) in [6.07, 6.45) is 1.42. The largest absolute Gasteiger partial charge is 0.293 e. The van der Waals surface area contributed by atoms with E-state index in [1.807, 2.05) is 0 Å². The van der Waals surface area contributed by atoms with Crippen LogP contribution >= 0.6 is 0 Å². The number of ketones is 1. The minimum atomic E-state index is -1.22. The van der Waals surface area contributed by atoms with Gasteiger partial charge in [0.15, 0.2) is 5.78 Å². The summed E-state index contributed by atoms with van der Waals surface area (Å²) in [7, 11) is -1.22. The number of rotatable bonds is 3. The quantitative estimate of drug-likeness (QED) is 0.691. The van der Waals surface area contributed by atoms with Crippen LogP contribution in [0.25, 0.3) is 0 Å². The van der Waals surface area contributed by atoms with E-state index < -0.39 is 22.4 Å². The van der Waals surface area contributed by atoms with Crippen LogP contribution in [0.2, 0.25) is 0 Å². The molecule has 0 aliphatic heterocycles. The average molecular weight is 200 g/mol. The van der Waals surface area contributed by atoms with E-state index >= 15 is 0 Å². The number of benzene rings is 1. The molecule has 0 bridgehead atoms. The summed E-state index contributed by atoms with van der Waals surface area (Å²) in [6, 6.07) is 5.69. The third kappa shape index (κ3) is 2.73. The lowest BCUT2D eigenvalue weighted by Gasteiger charge is -1.99. The first-order chi connectivity index (χ1) is 6.11. The van der Waals surface area contributed by atoms with E-state index in [0.717, 1.165) is 0 Å². The number of Topliss-reactive ketones (excluding diaryl/α,β-unsaturated/α-hetero) is 1. The minimum absolute atomic E-state index is 0.0118. The predicted molar refractivity (Wildman–Crippen MR) is 49.7 cm³/mol. The lowest BCUT2D eigenvalue weighted by Crippen LogP contribution is -2.11. The molecule has 0 saturated heterocycles. The van der Waals surface area contributed by atoms with Gasteiger partial charge in [0.2, 0.25) is 0 Å². The van der Waals surface area contributed by atoms with Gasteiger partial charge in [0, 0.05) is 17.1 Å². The highest BCUT2D eigenvalue weighted by atomic mass is 32.2. The second-order valence-electron chi connectivity index (χ2n) is 2.62. The second-order valence-corrected chi connectivity index (χ2v) is 4.06. The van der Waals surface area contributed by atoms with Crippen LogP contribution in [0.4, 0.5) is 4.39 Å². The van der Waals surface area contributed by atoms with Crippen LogP contribution in [-0.2, 0) is 10.8 Å². The third-order valence-corrected chi connectivity index (χ3v) is 2.18. The normalized spacial score (nSPS) is 12.5. The van der Waals surface area contributed by atoms with Crippen molar-refractivity contribution in [2.45, 2.75) is 0 Å². The number of carbonyl (C=O) groups is 1. The number of carbonyl (C=O) groups excluding carboxylic acids is 1. The summed E-state index contributed by atoms with van der Waals surface area (Å²) in [5.74, 6) is -1.10. The lowest BCUT2D eigenvalue weighted by molar-refractivity contribution is 0.101. The number of hydrogen-bond acceptors (Lipinski definition) is 2. The third-order valence-electron chi connectivity index (χ3n) is 1.51. The maximum atomic E-state index is 13.0. The Kier molecular flexibility index (Phi) is 3.31. The Hall–Kier alpha value is -1.03. The van der Waals surface area contributed by atoms with Crippen LogP contribution in [-0.4, -0.2) is 22.0 Å². The van der Waals surface area contributed by atoms with Gasteiger partial charge in [-0.3, -0.25) is 9.00 Å². The monoisotopic (exact) mass is 200 g/mol. The van der Waals surface area contributed by atoms with E-state index in [4.69, 9.17) is 0 Å². The fourth-order valence-electron chi connectivity index (χ4n) is 0.950. The Labute approximate surface area is 78.2 Å². The van der Waals surface area contributed by atoms with E-state index in [2.05, 4.69) is 0 Å². The van der Waals surface area contributed by atoms with Crippen LogP contribution in [0.5, 0.6) is 0 Å². The topological polar surface area (TPSA) is 34.1 Å². The average Bonchev–Trinajstić information content (AvgIpc) is 2.03. The molecule has 0 aliphatic rings. The summed E-state index contributed by atoms with van der Waals surface area (Å²) in [6.45, 7) is 0. The van der Waals surface area contributed by atoms with Gasteiger partial charge in [0.25, 0.3) is 0 Å². The van der Waals surface area contributed by atoms with Crippen molar-refractivity contribution in [1.82, 2.24) is 0 Å². The van der Waals surface area contributed by atoms with Crippen LogP contribution in [0.3, 0.4) is 0 Å². The highest BCUT2D eigenvalue weighted by molar-refractivity contribution is 7.85. The van der Waals surface area contributed by atoms with Crippen molar-refractivity contribution in [2.75, 3.05) is 12.0 Å². The summed E-state index contributed by atoms with van der Waals surface area (Å²) in [5.41, 5.74) is 0.0118. The van der Waals surface area contributed by atoms with Gasteiger partial charge in [-0.2, -0.15) is 0 Å².